The summed E-state index contributed by atoms with van der Waals surface area (Å²) in [7, 11) is 0. The predicted octanol–water partition coefficient (Wildman–Crippen LogP) is 4.04. The number of aromatic nitrogens is 2. The summed E-state index contributed by atoms with van der Waals surface area (Å²) in [5.74, 6) is -0.134. The summed E-state index contributed by atoms with van der Waals surface area (Å²) in [6.07, 6.45) is 7.23. The third kappa shape index (κ3) is 3.92. The van der Waals surface area contributed by atoms with Crippen molar-refractivity contribution in [2.45, 2.75) is 20.4 Å². The number of fused-ring (bicyclic) bond motifs is 1. The molecule has 0 radical (unpaired) electrons. The van der Waals surface area contributed by atoms with Gasteiger partial charge in [0.05, 0.1) is 12.2 Å². The van der Waals surface area contributed by atoms with E-state index in [1.165, 1.54) is 5.56 Å². The van der Waals surface area contributed by atoms with Gasteiger partial charge in [0.25, 0.3) is 0 Å². The average molecular weight is 384 g/mol. The van der Waals surface area contributed by atoms with E-state index in [9.17, 15) is 4.79 Å². The number of amides is 1. The van der Waals surface area contributed by atoms with Gasteiger partial charge in [-0.2, -0.15) is 0 Å². The van der Waals surface area contributed by atoms with Crippen LogP contribution in [0.5, 0.6) is 0 Å². The van der Waals surface area contributed by atoms with Crippen LogP contribution in [-0.4, -0.2) is 15.3 Å². The first kappa shape index (κ1) is 16.5. The number of nitrogens with zero attached hydrogens (tertiary/aromatic N) is 2. The number of imidazole rings is 1. The number of nitrogens with one attached hydrogen (secondary N) is 1. The van der Waals surface area contributed by atoms with Crippen molar-refractivity contribution in [2.75, 3.05) is 0 Å². The van der Waals surface area contributed by atoms with Gasteiger partial charge in [-0.1, -0.05) is 29.8 Å². The van der Waals surface area contributed by atoms with Gasteiger partial charge in [0.2, 0.25) is 5.91 Å². The molecule has 0 unspecified atom stereocenters. The van der Waals surface area contributed by atoms with Gasteiger partial charge in [-0.05, 0) is 53.0 Å². The summed E-state index contributed by atoms with van der Waals surface area (Å²) in [5, 5.41) is 2.86. The highest BCUT2D eigenvalue weighted by molar-refractivity contribution is 9.10. The number of hydrogen-bond acceptors (Lipinski definition) is 2. The van der Waals surface area contributed by atoms with Crippen LogP contribution in [0.3, 0.4) is 0 Å². The summed E-state index contributed by atoms with van der Waals surface area (Å²) in [4.78, 5) is 16.5. The van der Waals surface area contributed by atoms with Crippen molar-refractivity contribution in [3.63, 3.8) is 0 Å². The number of benzene rings is 1. The Kier molecular flexibility index (Phi) is 4.81. The predicted molar refractivity (Wildman–Crippen MR) is 99.7 cm³/mol. The van der Waals surface area contributed by atoms with E-state index in [0.29, 0.717) is 6.54 Å². The molecule has 5 heteroatoms. The molecule has 3 rings (SSSR count). The van der Waals surface area contributed by atoms with Gasteiger partial charge in [0.15, 0.2) is 0 Å². The van der Waals surface area contributed by atoms with E-state index in [1.54, 1.807) is 12.2 Å². The van der Waals surface area contributed by atoms with Crippen molar-refractivity contribution >= 4 is 33.6 Å². The fraction of sp³-hybridized carbons (Fsp3) is 0.158. The molecule has 122 valence electrons. The molecule has 2 aromatic heterocycles. The van der Waals surface area contributed by atoms with Gasteiger partial charge in [-0.25, -0.2) is 4.98 Å². The summed E-state index contributed by atoms with van der Waals surface area (Å²) in [5.41, 5.74) is 5.02. The van der Waals surface area contributed by atoms with E-state index >= 15 is 0 Å². The zero-order valence-electron chi connectivity index (χ0n) is 13.6. The Bertz CT molecular complexity index is 910. The fourth-order valence-electron chi connectivity index (χ4n) is 2.45. The number of carbonyl (C=O) groups is 1. The van der Waals surface area contributed by atoms with Crippen molar-refractivity contribution in [3.8, 4) is 0 Å². The lowest BCUT2D eigenvalue weighted by Crippen LogP contribution is -2.20. The van der Waals surface area contributed by atoms with Crippen LogP contribution in [0.4, 0.5) is 0 Å². The normalized spacial score (nSPS) is 11.3. The van der Waals surface area contributed by atoms with Crippen LogP contribution in [0.1, 0.15) is 22.4 Å². The smallest absolute Gasteiger partial charge is 0.244 e. The molecular weight excluding hydrogens is 366 g/mol. The van der Waals surface area contributed by atoms with Gasteiger partial charge in [0.1, 0.15) is 5.65 Å². The molecule has 0 fully saturated rings. The minimum Gasteiger partial charge on any atom is -0.347 e. The van der Waals surface area contributed by atoms with E-state index in [1.807, 2.05) is 61.0 Å². The number of carbonyl (C=O) groups excluding carboxylic acids is 1. The summed E-state index contributed by atoms with van der Waals surface area (Å²) in [6, 6.07) is 10.0. The second-order valence-electron chi connectivity index (χ2n) is 5.77. The highest BCUT2D eigenvalue weighted by Gasteiger charge is 2.06. The number of halogens is 1. The molecule has 1 amide bonds. The molecule has 3 aromatic rings. The maximum Gasteiger partial charge on any atom is 0.244 e. The Morgan fingerprint density at radius 3 is 2.75 bits per heavy atom. The summed E-state index contributed by atoms with van der Waals surface area (Å²) >= 11 is 3.47. The van der Waals surface area contributed by atoms with Crippen LogP contribution >= 0.6 is 15.9 Å². The zero-order valence-corrected chi connectivity index (χ0v) is 15.2. The Balaban J connectivity index is 1.64. The maximum atomic E-state index is 12.0. The van der Waals surface area contributed by atoms with Crippen LogP contribution < -0.4 is 5.32 Å². The summed E-state index contributed by atoms with van der Waals surface area (Å²) in [6.45, 7) is 4.45. The first-order valence-electron chi connectivity index (χ1n) is 7.67. The molecule has 0 saturated heterocycles. The average Bonchev–Trinajstić information content (AvgIpc) is 2.95. The van der Waals surface area contributed by atoms with Gasteiger partial charge in [0, 0.05) is 22.9 Å². The first-order valence-corrected chi connectivity index (χ1v) is 8.47. The topological polar surface area (TPSA) is 46.4 Å². The minimum absolute atomic E-state index is 0.134. The Morgan fingerprint density at radius 2 is 2.00 bits per heavy atom. The molecule has 0 atom stereocenters. The van der Waals surface area contributed by atoms with Gasteiger partial charge in [-0.3, -0.25) is 4.79 Å². The van der Waals surface area contributed by atoms with Crippen LogP contribution in [0.25, 0.3) is 11.7 Å². The molecule has 0 saturated carbocycles. The lowest BCUT2D eigenvalue weighted by atomic mass is 10.1. The molecule has 24 heavy (non-hydrogen) atoms. The molecule has 1 N–H and O–H groups in total. The largest absolute Gasteiger partial charge is 0.347 e. The standard InChI is InChI=1S/C19H18BrN3O/c1-13-3-5-15(6-4-13)7-8-18(24)21-10-17-12-23-11-16(20)9-14(2)19(23)22-17/h3-9,11-12H,10H2,1-2H3,(H,21,24)/b8-7+. The monoisotopic (exact) mass is 383 g/mol. The first-order chi connectivity index (χ1) is 11.5. The minimum atomic E-state index is -0.134. The second-order valence-corrected chi connectivity index (χ2v) is 6.68. The highest BCUT2D eigenvalue weighted by Crippen LogP contribution is 2.17. The quantitative estimate of drug-likeness (QED) is 0.690. The lowest BCUT2D eigenvalue weighted by Gasteiger charge is -1.98. The van der Waals surface area contributed by atoms with E-state index in [4.69, 9.17) is 0 Å². The molecule has 0 aliphatic rings. The van der Waals surface area contributed by atoms with Crippen molar-refractivity contribution in [1.29, 1.82) is 0 Å². The second kappa shape index (κ2) is 7.01. The molecule has 0 bridgehead atoms. The number of hydrogen-bond donors (Lipinski definition) is 1. The van der Waals surface area contributed by atoms with Crippen molar-refractivity contribution in [2.24, 2.45) is 0 Å². The van der Waals surface area contributed by atoms with E-state index in [2.05, 4.69) is 26.2 Å². The fourth-order valence-corrected chi connectivity index (χ4v) is 3.01. The van der Waals surface area contributed by atoms with Gasteiger partial charge < -0.3 is 9.72 Å². The van der Waals surface area contributed by atoms with Crippen molar-refractivity contribution < 1.29 is 4.79 Å². The number of rotatable bonds is 4. The SMILES string of the molecule is Cc1ccc(/C=C/C(=O)NCc2cn3cc(Br)cc(C)c3n2)cc1. The third-order valence-corrected chi connectivity index (χ3v) is 4.13. The maximum absolute atomic E-state index is 12.0. The molecular formula is C19H18BrN3O. The van der Waals surface area contributed by atoms with Crippen LogP contribution in [0, 0.1) is 13.8 Å². The molecule has 2 heterocycles. The van der Waals surface area contributed by atoms with E-state index in [0.717, 1.165) is 26.9 Å². The van der Waals surface area contributed by atoms with E-state index < -0.39 is 0 Å². The Hall–Kier alpha value is -2.40. The van der Waals surface area contributed by atoms with Gasteiger partial charge in [-0.15, -0.1) is 0 Å². The molecule has 0 aliphatic heterocycles. The zero-order chi connectivity index (χ0) is 17.1. The van der Waals surface area contributed by atoms with E-state index in [-0.39, 0.29) is 5.91 Å². The van der Waals surface area contributed by atoms with Crippen molar-refractivity contribution in [1.82, 2.24) is 14.7 Å². The molecule has 0 aliphatic carbocycles. The Morgan fingerprint density at radius 1 is 1.25 bits per heavy atom. The van der Waals surface area contributed by atoms with Crippen LogP contribution in [0.2, 0.25) is 0 Å². The summed E-state index contributed by atoms with van der Waals surface area (Å²) < 4.78 is 2.96. The van der Waals surface area contributed by atoms with Crippen molar-refractivity contribution in [3.05, 3.63) is 75.7 Å². The number of pyridine rings is 1. The molecule has 0 spiro atoms. The highest BCUT2D eigenvalue weighted by atomic mass is 79.9. The van der Waals surface area contributed by atoms with Gasteiger partial charge >= 0.3 is 0 Å². The lowest BCUT2D eigenvalue weighted by molar-refractivity contribution is -0.116. The third-order valence-electron chi connectivity index (χ3n) is 3.70. The van der Waals surface area contributed by atoms with Crippen LogP contribution in [-0.2, 0) is 11.3 Å². The molecule has 1 aromatic carbocycles. The Labute approximate surface area is 149 Å². The molecule has 4 nitrogen and oxygen atoms in total. The number of aryl methyl sites for hydroxylation is 2. The van der Waals surface area contributed by atoms with Crippen LogP contribution in [0.15, 0.2) is 53.3 Å².